The number of sulfonamides is 1. The normalized spacial score (nSPS) is 10.8. The van der Waals surface area contributed by atoms with Gasteiger partial charge in [0.25, 0.3) is 10.0 Å². The number of hydrazine groups is 1. The molecule has 1 amide bonds. The van der Waals surface area contributed by atoms with Gasteiger partial charge in [0.2, 0.25) is 0 Å². The summed E-state index contributed by atoms with van der Waals surface area (Å²) in [5.41, 5.74) is 1.92. The van der Waals surface area contributed by atoms with Crippen LogP contribution in [0.25, 0.3) is 0 Å². The highest BCUT2D eigenvalue weighted by atomic mass is 32.2. The molecule has 100 valence electrons. The second-order valence-corrected chi connectivity index (χ2v) is 4.81. The van der Waals surface area contributed by atoms with Crippen LogP contribution < -0.4 is 15.0 Å². The van der Waals surface area contributed by atoms with E-state index in [-0.39, 0.29) is 11.5 Å². The van der Waals surface area contributed by atoms with Gasteiger partial charge >= 0.3 is 6.09 Å². The zero-order chi connectivity index (χ0) is 13.6. The fourth-order valence-corrected chi connectivity index (χ4v) is 1.92. The molecule has 0 saturated carbocycles. The van der Waals surface area contributed by atoms with Crippen LogP contribution in [-0.4, -0.2) is 28.2 Å². The first-order valence-corrected chi connectivity index (χ1v) is 6.56. The summed E-state index contributed by atoms with van der Waals surface area (Å²) in [4.78, 5) is 12.8. The lowest BCUT2D eigenvalue weighted by Crippen LogP contribution is -2.41. The monoisotopic (exact) mass is 274 g/mol. The fraction of sp³-hybridized carbons (Fsp3) is 0.300. The summed E-state index contributed by atoms with van der Waals surface area (Å²) in [6.45, 7) is 1.76. The molecule has 8 heteroatoms. The van der Waals surface area contributed by atoms with Crippen LogP contribution >= 0.6 is 0 Å². The van der Waals surface area contributed by atoms with Crippen LogP contribution in [0.5, 0.6) is 5.75 Å². The molecule has 0 bridgehead atoms. The van der Waals surface area contributed by atoms with Crippen LogP contribution in [0.3, 0.4) is 0 Å². The molecule has 0 spiro atoms. The van der Waals surface area contributed by atoms with E-state index >= 15 is 0 Å². The molecule has 0 atom stereocenters. The predicted molar refractivity (Wildman–Crippen MR) is 63.5 cm³/mol. The van der Waals surface area contributed by atoms with Gasteiger partial charge in [-0.15, -0.1) is 4.83 Å². The molecule has 0 aliphatic heterocycles. The van der Waals surface area contributed by atoms with E-state index in [9.17, 15) is 13.2 Å². The zero-order valence-corrected chi connectivity index (χ0v) is 10.8. The van der Waals surface area contributed by atoms with E-state index in [0.29, 0.717) is 5.75 Å². The number of carbonyl (C=O) groups is 1. The van der Waals surface area contributed by atoms with Crippen molar-refractivity contribution in [3.05, 3.63) is 24.3 Å². The lowest BCUT2D eigenvalue weighted by Gasteiger charge is -2.08. The second-order valence-electron chi connectivity index (χ2n) is 3.13. The highest BCUT2D eigenvalue weighted by Crippen LogP contribution is 2.14. The van der Waals surface area contributed by atoms with Gasteiger partial charge in [0.1, 0.15) is 5.75 Å². The first kappa shape index (κ1) is 14.3. The average molecular weight is 274 g/mol. The number of amides is 1. The maximum atomic E-state index is 11.7. The third-order valence-corrected chi connectivity index (χ3v) is 3.20. The number of hydrogen-bond acceptors (Lipinski definition) is 5. The number of benzene rings is 1. The summed E-state index contributed by atoms with van der Waals surface area (Å²) in [6, 6.07) is 5.71. The Hall–Kier alpha value is -1.80. The molecule has 0 aliphatic rings. The van der Waals surface area contributed by atoms with Crippen molar-refractivity contribution in [2.24, 2.45) is 0 Å². The maximum absolute atomic E-state index is 11.7. The van der Waals surface area contributed by atoms with E-state index in [1.165, 1.54) is 31.4 Å². The van der Waals surface area contributed by atoms with Gasteiger partial charge in [-0.1, -0.05) is 0 Å². The number of ether oxygens (including phenoxy) is 2. The van der Waals surface area contributed by atoms with Crippen LogP contribution in [-0.2, 0) is 14.8 Å². The molecule has 1 aromatic rings. The van der Waals surface area contributed by atoms with Gasteiger partial charge in [-0.05, 0) is 31.2 Å². The van der Waals surface area contributed by atoms with Crippen LogP contribution in [0.1, 0.15) is 6.92 Å². The van der Waals surface area contributed by atoms with Crippen LogP contribution in [0, 0.1) is 0 Å². The van der Waals surface area contributed by atoms with Gasteiger partial charge in [0.15, 0.2) is 0 Å². The highest BCUT2D eigenvalue weighted by molar-refractivity contribution is 7.89. The zero-order valence-electron chi connectivity index (χ0n) is 9.97. The highest BCUT2D eigenvalue weighted by Gasteiger charge is 2.15. The van der Waals surface area contributed by atoms with Gasteiger partial charge in [-0.3, -0.25) is 0 Å². The van der Waals surface area contributed by atoms with Crippen molar-refractivity contribution >= 4 is 16.1 Å². The van der Waals surface area contributed by atoms with Gasteiger partial charge < -0.3 is 9.47 Å². The number of nitrogens with one attached hydrogen (secondary N) is 2. The van der Waals surface area contributed by atoms with Gasteiger partial charge in [0, 0.05) is 0 Å². The minimum absolute atomic E-state index is 0.0000912. The summed E-state index contributed by atoms with van der Waals surface area (Å²) in [6.07, 6.45) is -0.866. The largest absolute Gasteiger partial charge is 0.497 e. The number of methoxy groups -OCH3 is 1. The Labute approximate surface area is 105 Å². The third kappa shape index (κ3) is 3.90. The van der Waals surface area contributed by atoms with E-state index in [1.807, 2.05) is 10.3 Å². The maximum Gasteiger partial charge on any atom is 0.422 e. The fourth-order valence-electron chi connectivity index (χ4n) is 1.09. The molecule has 7 nitrogen and oxygen atoms in total. The van der Waals surface area contributed by atoms with Gasteiger partial charge in [-0.2, -0.15) is 0 Å². The molecular formula is C10H14N2O5S. The Bertz CT molecular complexity index is 498. The van der Waals surface area contributed by atoms with Crippen molar-refractivity contribution in [1.82, 2.24) is 10.3 Å². The topological polar surface area (TPSA) is 93.7 Å². The van der Waals surface area contributed by atoms with E-state index in [1.54, 1.807) is 6.92 Å². The summed E-state index contributed by atoms with van der Waals surface area (Å²) < 4.78 is 32.9. The summed E-state index contributed by atoms with van der Waals surface area (Å²) in [5.74, 6) is 0.535. The number of rotatable bonds is 5. The molecule has 0 radical (unpaired) electrons. The third-order valence-electron chi connectivity index (χ3n) is 1.93. The van der Waals surface area contributed by atoms with E-state index < -0.39 is 16.1 Å². The van der Waals surface area contributed by atoms with E-state index in [2.05, 4.69) is 4.74 Å². The number of hydrogen-bond donors (Lipinski definition) is 2. The Morgan fingerprint density at radius 2 is 1.89 bits per heavy atom. The molecule has 18 heavy (non-hydrogen) atoms. The average Bonchev–Trinajstić information content (AvgIpc) is 2.37. The molecule has 2 N–H and O–H groups in total. The Morgan fingerprint density at radius 3 is 2.39 bits per heavy atom. The minimum Gasteiger partial charge on any atom is -0.497 e. The summed E-state index contributed by atoms with van der Waals surface area (Å²) >= 11 is 0. The standard InChI is InChI=1S/C10H14N2O5S/c1-3-17-10(13)11-12-18(14,15)9-6-4-8(16-2)5-7-9/h4-7,12H,3H2,1-2H3,(H,11,13). The van der Waals surface area contributed by atoms with Crippen molar-refractivity contribution in [2.75, 3.05) is 13.7 Å². The van der Waals surface area contributed by atoms with Gasteiger partial charge in [-0.25, -0.2) is 18.6 Å². The molecule has 1 rings (SSSR count). The van der Waals surface area contributed by atoms with E-state index in [4.69, 9.17) is 4.74 Å². The Morgan fingerprint density at radius 1 is 1.28 bits per heavy atom. The Balaban J connectivity index is 2.70. The molecular weight excluding hydrogens is 260 g/mol. The van der Waals surface area contributed by atoms with Crippen molar-refractivity contribution in [3.8, 4) is 5.75 Å². The van der Waals surface area contributed by atoms with Gasteiger partial charge in [0.05, 0.1) is 18.6 Å². The minimum atomic E-state index is -3.82. The first-order valence-electron chi connectivity index (χ1n) is 5.08. The molecule has 0 saturated heterocycles. The number of carbonyl (C=O) groups excluding carboxylic acids is 1. The molecule has 0 unspecified atom stereocenters. The Kier molecular flexibility index (Phi) is 4.93. The van der Waals surface area contributed by atoms with E-state index in [0.717, 1.165) is 0 Å². The lowest BCUT2D eigenvalue weighted by atomic mass is 10.3. The second kappa shape index (κ2) is 6.22. The van der Waals surface area contributed by atoms with Crippen LogP contribution in [0.2, 0.25) is 0 Å². The molecule has 1 aromatic carbocycles. The summed E-state index contributed by atoms with van der Waals surface area (Å²) in [5, 5.41) is 0. The lowest BCUT2D eigenvalue weighted by molar-refractivity contribution is 0.150. The van der Waals surface area contributed by atoms with Crippen molar-refractivity contribution in [2.45, 2.75) is 11.8 Å². The summed E-state index contributed by atoms with van der Waals surface area (Å²) in [7, 11) is -2.34. The quantitative estimate of drug-likeness (QED) is 0.768. The molecule has 0 fully saturated rings. The van der Waals surface area contributed by atoms with Crippen molar-refractivity contribution in [3.63, 3.8) is 0 Å². The molecule has 0 aliphatic carbocycles. The van der Waals surface area contributed by atoms with Crippen molar-refractivity contribution < 1.29 is 22.7 Å². The molecule has 0 heterocycles. The smallest absolute Gasteiger partial charge is 0.422 e. The van der Waals surface area contributed by atoms with Crippen LogP contribution in [0.4, 0.5) is 4.79 Å². The first-order chi connectivity index (χ1) is 8.49. The van der Waals surface area contributed by atoms with Crippen molar-refractivity contribution in [1.29, 1.82) is 0 Å². The van der Waals surface area contributed by atoms with Crippen LogP contribution in [0.15, 0.2) is 29.2 Å². The molecule has 0 aromatic heterocycles. The SMILES string of the molecule is CCOC(=O)NNS(=O)(=O)c1ccc(OC)cc1. The predicted octanol–water partition coefficient (Wildman–Crippen LogP) is 0.635.